The van der Waals surface area contributed by atoms with Crippen LogP contribution in [0.5, 0.6) is 0 Å². The molecule has 7 heteroatoms. The first kappa shape index (κ1) is 22.2. The molecule has 1 amide bonds. The van der Waals surface area contributed by atoms with Crippen molar-refractivity contribution in [3.63, 3.8) is 0 Å². The van der Waals surface area contributed by atoms with E-state index < -0.39 is 15.1 Å². The lowest BCUT2D eigenvalue weighted by Crippen LogP contribution is -2.32. The lowest BCUT2D eigenvalue weighted by molar-refractivity contribution is -0.121. The molecule has 0 aromatic heterocycles. The first-order valence-corrected chi connectivity index (χ1v) is 11.1. The molecule has 0 aliphatic heterocycles. The van der Waals surface area contributed by atoms with E-state index in [0.717, 1.165) is 5.69 Å². The van der Waals surface area contributed by atoms with Crippen LogP contribution in [-0.2, 0) is 14.6 Å². The van der Waals surface area contributed by atoms with E-state index in [2.05, 4.69) is 5.32 Å². The third-order valence-electron chi connectivity index (χ3n) is 4.38. The zero-order chi connectivity index (χ0) is 20.9. The molecule has 0 radical (unpaired) electrons. The SMILES string of the molecule is CC(C)CC(=O)NC[C@@H](c1ccc(N(C)C)cc1)S(=O)(=O)c1ccc(Cl)cc1. The number of hydrogen-bond acceptors (Lipinski definition) is 4. The molecule has 0 bridgehead atoms. The molecule has 0 fully saturated rings. The van der Waals surface area contributed by atoms with Crippen LogP contribution in [0.3, 0.4) is 0 Å². The summed E-state index contributed by atoms with van der Waals surface area (Å²) in [5.41, 5.74) is 1.60. The molecule has 0 aliphatic rings. The Morgan fingerprint density at radius 2 is 1.61 bits per heavy atom. The molecule has 1 N–H and O–H groups in total. The summed E-state index contributed by atoms with van der Waals surface area (Å²) in [6, 6.07) is 13.4. The number of hydrogen-bond donors (Lipinski definition) is 1. The quantitative estimate of drug-likeness (QED) is 0.695. The molecule has 0 aliphatic carbocycles. The van der Waals surface area contributed by atoms with Gasteiger partial charge in [0.2, 0.25) is 5.91 Å². The molecule has 2 aromatic carbocycles. The van der Waals surface area contributed by atoms with Gasteiger partial charge in [0, 0.05) is 37.8 Å². The lowest BCUT2D eigenvalue weighted by atomic mass is 10.1. The molecular formula is C21H27ClN2O3S. The number of amides is 1. The van der Waals surface area contributed by atoms with Gasteiger partial charge in [-0.2, -0.15) is 0 Å². The average Bonchev–Trinajstić information content (AvgIpc) is 2.62. The number of anilines is 1. The Morgan fingerprint density at radius 3 is 2.11 bits per heavy atom. The van der Waals surface area contributed by atoms with Gasteiger partial charge in [-0.1, -0.05) is 37.6 Å². The van der Waals surface area contributed by atoms with Crippen molar-refractivity contribution in [1.29, 1.82) is 0 Å². The molecule has 0 saturated carbocycles. The normalized spacial score (nSPS) is 12.6. The Hall–Kier alpha value is -2.05. The fourth-order valence-corrected chi connectivity index (χ4v) is 4.62. The summed E-state index contributed by atoms with van der Waals surface area (Å²) < 4.78 is 26.6. The predicted molar refractivity (Wildman–Crippen MR) is 115 cm³/mol. The highest BCUT2D eigenvalue weighted by atomic mass is 35.5. The summed E-state index contributed by atoms with van der Waals surface area (Å²) in [4.78, 5) is 14.2. The van der Waals surface area contributed by atoms with Crippen molar-refractivity contribution in [2.45, 2.75) is 30.4 Å². The van der Waals surface area contributed by atoms with Crippen LogP contribution in [0, 0.1) is 5.92 Å². The van der Waals surface area contributed by atoms with Gasteiger partial charge in [-0.3, -0.25) is 4.79 Å². The maximum Gasteiger partial charge on any atom is 0.220 e. The number of rotatable bonds is 8. The third kappa shape index (κ3) is 5.72. The van der Waals surface area contributed by atoms with Gasteiger partial charge in [-0.15, -0.1) is 0 Å². The van der Waals surface area contributed by atoms with Crippen LogP contribution in [0.4, 0.5) is 5.69 Å². The highest BCUT2D eigenvalue weighted by Gasteiger charge is 2.29. The summed E-state index contributed by atoms with van der Waals surface area (Å²) in [6.45, 7) is 3.90. The van der Waals surface area contributed by atoms with Crippen molar-refractivity contribution >= 4 is 33.0 Å². The van der Waals surface area contributed by atoms with Gasteiger partial charge in [-0.25, -0.2) is 8.42 Å². The smallest absolute Gasteiger partial charge is 0.220 e. The van der Waals surface area contributed by atoms with Crippen molar-refractivity contribution in [2.24, 2.45) is 5.92 Å². The van der Waals surface area contributed by atoms with Gasteiger partial charge in [0.25, 0.3) is 0 Å². The maximum absolute atomic E-state index is 13.3. The molecule has 1 atom stereocenters. The second kappa shape index (κ2) is 9.43. The lowest BCUT2D eigenvalue weighted by Gasteiger charge is -2.21. The zero-order valence-corrected chi connectivity index (χ0v) is 18.2. The van der Waals surface area contributed by atoms with Crippen molar-refractivity contribution < 1.29 is 13.2 Å². The van der Waals surface area contributed by atoms with E-state index in [0.29, 0.717) is 17.0 Å². The zero-order valence-electron chi connectivity index (χ0n) is 16.6. The van der Waals surface area contributed by atoms with Gasteiger partial charge in [0.15, 0.2) is 9.84 Å². The van der Waals surface area contributed by atoms with E-state index >= 15 is 0 Å². The number of nitrogens with one attached hydrogen (secondary N) is 1. The number of halogens is 1. The number of carbonyl (C=O) groups is 1. The first-order chi connectivity index (χ1) is 13.1. The molecule has 152 valence electrons. The summed E-state index contributed by atoms with van der Waals surface area (Å²) in [5, 5.41) is 2.36. The van der Waals surface area contributed by atoms with Gasteiger partial charge >= 0.3 is 0 Å². The Bertz CT molecular complexity index is 892. The minimum atomic E-state index is -3.72. The van der Waals surface area contributed by atoms with Gasteiger partial charge in [0.05, 0.1) is 4.90 Å². The van der Waals surface area contributed by atoms with Gasteiger partial charge in [-0.05, 0) is 47.9 Å². The second-order valence-electron chi connectivity index (χ2n) is 7.38. The van der Waals surface area contributed by atoms with Crippen molar-refractivity contribution in [2.75, 3.05) is 25.5 Å². The van der Waals surface area contributed by atoms with Crippen LogP contribution >= 0.6 is 11.6 Å². The number of carbonyl (C=O) groups excluding carboxylic acids is 1. The molecule has 0 heterocycles. The standard InChI is InChI=1S/C21H27ClN2O3S/c1-15(2)13-21(25)23-14-20(16-5-9-18(10-6-16)24(3)4)28(26,27)19-11-7-17(22)8-12-19/h5-12,15,20H,13-14H2,1-4H3,(H,23,25)/t20-/m0/s1. The molecule has 0 unspecified atom stereocenters. The minimum absolute atomic E-state index is 0.0117. The molecule has 28 heavy (non-hydrogen) atoms. The largest absolute Gasteiger partial charge is 0.378 e. The third-order valence-corrected chi connectivity index (χ3v) is 6.75. The predicted octanol–water partition coefficient (Wildman–Crippen LogP) is 4.08. The van der Waals surface area contributed by atoms with Crippen molar-refractivity contribution in [3.8, 4) is 0 Å². The maximum atomic E-state index is 13.3. The van der Waals surface area contributed by atoms with E-state index in [-0.39, 0.29) is 23.3 Å². The highest BCUT2D eigenvalue weighted by Crippen LogP contribution is 2.30. The second-order valence-corrected chi connectivity index (χ2v) is 9.94. The van der Waals surface area contributed by atoms with Gasteiger partial charge < -0.3 is 10.2 Å². The van der Waals surface area contributed by atoms with Crippen molar-refractivity contribution in [1.82, 2.24) is 5.32 Å². The van der Waals surface area contributed by atoms with E-state index in [1.54, 1.807) is 24.3 Å². The van der Waals surface area contributed by atoms with E-state index in [9.17, 15) is 13.2 Å². The average molecular weight is 423 g/mol. The van der Waals surface area contributed by atoms with Crippen LogP contribution in [-0.4, -0.2) is 35.0 Å². The van der Waals surface area contributed by atoms with Crippen LogP contribution in [0.2, 0.25) is 5.02 Å². The summed E-state index contributed by atoms with van der Waals surface area (Å²) in [6.07, 6.45) is 0.354. The molecule has 5 nitrogen and oxygen atoms in total. The molecule has 2 aromatic rings. The molecule has 2 rings (SSSR count). The summed E-state index contributed by atoms with van der Waals surface area (Å²) in [7, 11) is 0.124. The summed E-state index contributed by atoms with van der Waals surface area (Å²) in [5.74, 6) is 0.0434. The fraction of sp³-hybridized carbons (Fsp3) is 0.381. The van der Waals surface area contributed by atoms with Crippen LogP contribution < -0.4 is 10.2 Å². The Balaban J connectivity index is 2.37. The summed E-state index contributed by atoms with van der Waals surface area (Å²) >= 11 is 5.90. The van der Waals surface area contributed by atoms with E-state index in [1.165, 1.54) is 12.1 Å². The Morgan fingerprint density at radius 1 is 1.04 bits per heavy atom. The van der Waals surface area contributed by atoms with E-state index in [4.69, 9.17) is 11.6 Å². The van der Waals surface area contributed by atoms with Gasteiger partial charge in [0.1, 0.15) is 5.25 Å². The highest BCUT2D eigenvalue weighted by molar-refractivity contribution is 7.91. The molecular weight excluding hydrogens is 396 g/mol. The fourth-order valence-electron chi connectivity index (χ4n) is 2.83. The Labute approximate surface area is 172 Å². The number of sulfone groups is 1. The van der Waals surface area contributed by atoms with Crippen LogP contribution in [0.15, 0.2) is 53.4 Å². The van der Waals surface area contributed by atoms with E-state index in [1.807, 2.05) is 45.0 Å². The van der Waals surface area contributed by atoms with Crippen LogP contribution in [0.1, 0.15) is 31.1 Å². The van der Waals surface area contributed by atoms with Crippen molar-refractivity contribution in [3.05, 3.63) is 59.1 Å². The topological polar surface area (TPSA) is 66.5 Å². The number of nitrogens with zero attached hydrogens (tertiary/aromatic N) is 1. The first-order valence-electron chi connectivity index (χ1n) is 9.14. The van der Waals surface area contributed by atoms with Crippen LogP contribution in [0.25, 0.3) is 0 Å². The number of benzene rings is 2. The molecule has 0 spiro atoms. The monoisotopic (exact) mass is 422 g/mol. The minimum Gasteiger partial charge on any atom is -0.378 e. The molecule has 0 saturated heterocycles. The Kier molecular flexibility index (Phi) is 7.49.